The Kier molecular flexibility index (Phi) is 5.96. The number of rotatable bonds is 6. The summed E-state index contributed by atoms with van der Waals surface area (Å²) in [6.45, 7) is 14.2. The molecule has 0 atom stereocenters. The molecule has 1 aliphatic rings. The highest BCUT2D eigenvalue weighted by atomic mass is 15.1. The van der Waals surface area contributed by atoms with Gasteiger partial charge in [-0.2, -0.15) is 0 Å². The highest BCUT2D eigenvalue weighted by Crippen LogP contribution is 2.20. The molecule has 0 aromatic carbocycles. The molecule has 0 amide bonds. The van der Waals surface area contributed by atoms with Crippen molar-refractivity contribution in [1.29, 1.82) is 0 Å². The molecule has 15 heavy (non-hydrogen) atoms. The Labute approximate surface area is 94.7 Å². The van der Waals surface area contributed by atoms with Gasteiger partial charge in [0.25, 0.3) is 0 Å². The Balaban J connectivity index is 2.15. The normalized spacial score (nSPS) is 19.3. The van der Waals surface area contributed by atoms with Crippen LogP contribution in [-0.4, -0.2) is 37.6 Å². The van der Waals surface area contributed by atoms with Gasteiger partial charge in [0.15, 0.2) is 0 Å². The molecule has 0 unspecified atom stereocenters. The van der Waals surface area contributed by atoms with Crippen molar-refractivity contribution in [3.63, 3.8) is 0 Å². The molecule has 1 heterocycles. The summed E-state index contributed by atoms with van der Waals surface area (Å²) in [6, 6.07) is 0. The van der Waals surface area contributed by atoms with Crippen LogP contribution in [0.2, 0.25) is 0 Å². The van der Waals surface area contributed by atoms with Crippen molar-refractivity contribution in [3.8, 4) is 0 Å². The van der Waals surface area contributed by atoms with Crippen LogP contribution in [0.4, 0.5) is 0 Å². The summed E-state index contributed by atoms with van der Waals surface area (Å²) in [5.41, 5.74) is 1.33. The van der Waals surface area contributed by atoms with Crippen molar-refractivity contribution in [3.05, 3.63) is 12.2 Å². The summed E-state index contributed by atoms with van der Waals surface area (Å²) < 4.78 is 0. The largest absolute Gasteiger partial charge is 0.313 e. The van der Waals surface area contributed by atoms with Gasteiger partial charge in [0.05, 0.1) is 0 Å². The molecule has 0 radical (unpaired) electrons. The van der Waals surface area contributed by atoms with E-state index < -0.39 is 0 Å². The van der Waals surface area contributed by atoms with E-state index in [0.717, 1.165) is 25.6 Å². The molecule has 1 aliphatic heterocycles. The maximum atomic E-state index is 4.12. The van der Waals surface area contributed by atoms with Crippen LogP contribution in [0.1, 0.15) is 33.1 Å². The molecule has 0 aromatic rings. The third-order valence-corrected chi connectivity index (χ3v) is 3.36. The third kappa shape index (κ3) is 4.80. The average molecular weight is 210 g/mol. The lowest BCUT2D eigenvalue weighted by Crippen LogP contribution is -2.36. The molecule has 2 nitrogen and oxygen atoms in total. The Hall–Kier alpha value is -0.340. The summed E-state index contributed by atoms with van der Waals surface area (Å²) in [5.74, 6) is 0.975. The Morgan fingerprint density at radius 2 is 2.00 bits per heavy atom. The van der Waals surface area contributed by atoms with E-state index in [4.69, 9.17) is 0 Å². The summed E-state index contributed by atoms with van der Waals surface area (Å²) in [5, 5.41) is 3.33. The van der Waals surface area contributed by atoms with Gasteiger partial charge in [-0.15, -0.1) is 0 Å². The predicted octanol–water partition coefficient (Wildman–Crippen LogP) is 2.27. The van der Waals surface area contributed by atoms with Crippen molar-refractivity contribution < 1.29 is 0 Å². The van der Waals surface area contributed by atoms with Crippen LogP contribution >= 0.6 is 0 Å². The average Bonchev–Trinajstić information content (AvgIpc) is 2.27. The van der Waals surface area contributed by atoms with Gasteiger partial charge in [-0.05, 0) is 44.0 Å². The Morgan fingerprint density at radius 3 is 2.53 bits per heavy atom. The lowest BCUT2D eigenvalue weighted by molar-refractivity contribution is 0.194. The number of hydrogen-bond acceptors (Lipinski definition) is 2. The molecule has 0 spiro atoms. The third-order valence-electron chi connectivity index (χ3n) is 3.36. The van der Waals surface area contributed by atoms with Crippen molar-refractivity contribution in [2.24, 2.45) is 5.92 Å². The molecule has 0 aromatic heterocycles. The van der Waals surface area contributed by atoms with Crippen molar-refractivity contribution >= 4 is 0 Å². The fraction of sp³-hybridized carbons (Fsp3) is 0.846. The van der Waals surface area contributed by atoms with E-state index >= 15 is 0 Å². The van der Waals surface area contributed by atoms with E-state index in [1.165, 1.54) is 37.9 Å². The van der Waals surface area contributed by atoms with Gasteiger partial charge in [-0.3, -0.25) is 4.90 Å². The maximum absolute atomic E-state index is 4.12. The fourth-order valence-corrected chi connectivity index (χ4v) is 2.23. The van der Waals surface area contributed by atoms with Crippen LogP contribution in [0.25, 0.3) is 0 Å². The monoisotopic (exact) mass is 210 g/mol. The molecule has 0 bridgehead atoms. The van der Waals surface area contributed by atoms with Gasteiger partial charge in [-0.1, -0.05) is 26.8 Å². The van der Waals surface area contributed by atoms with Crippen molar-refractivity contribution in [1.82, 2.24) is 10.2 Å². The highest BCUT2D eigenvalue weighted by molar-refractivity contribution is 5.00. The van der Waals surface area contributed by atoms with E-state index in [-0.39, 0.29) is 0 Å². The molecule has 0 aliphatic carbocycles. The molecule has 2 heteroatoms. The second-order valence-corrected chi connectivity index (χ2v) is 4.66. The molecule has 1 rings (SSSR count). The van der Waals surface area contributed by atoms with Crippen LogP contribution in [0.5, 0.6) is 0 Å². The molecular formula is C13H26N2. The molecule has 1 saturated heterocycles. The number of nitrogens with zero attached hydrogens (tertiary/aromatic N) is 1. The first kappa shape index (κ1) is 12.7. The first-order chi connectivity index (χ1) is 7.26. The summed E-state index contributed by atoms with van der Waals surface area (Å²) >= 11 is 0. The van der Waals surface area contributed by atoms with Gasteiger partial charge in [-0.25, -0.2) is 0 Å². The van der Waals surface area contributed by atoms with Gasteiger partial charge < -0.3 is 5.32 Å². The zero-order chi connectivity index (χ0) is 11.1. The van der Waals surface area contributed by atoms with Crippen LogP contribution in [0.15, 0.2) is 12.2 Å². The smallest absolute Gasteiger partial charge is 0.0202 e. The van der Waals surface area contributed by atoms with Crippen molar-refractivity contribution in [2.75, 3.05) is 32.7 Å². The number of nitrogens with one attached hydrogen (secondary N) is 1. The molecule has 0 saturated carbocycles. The molecule has 88 valence electrons. The number of likely N-dealkylation sites (tertiary alicyclic amines) is 1. The van der Waals surface area contributed by atoms with E-state index in [1.54, 1.807) is 0 Å². The molecule has 1 fully saturated rings. The minimum absolute atomic E-state index is 0.975. The van der Waals surface area contributed by atoms with E-state index in [2.05, 4.69) is 30.6 Å². The number of hydrogen-bond donors (Lipinski definition) is 1. The minimum atomic E-state index is 0.975. The van der Waals surface area contributed by atoms with Gasteiger partial charge in [0, 0.05) is 13.1 Å². The minimum Gasteiger partial charge on any atom is -0.313 e. The second-order valence-electron chi connectivity index (χ2n) is 4.66. The van der Waals surface area contributed by atoms with Crippen molar-refractivity contribution in [2.45, 2.75) is 33.1 Å². The first-order valence-electron chi connectivity index (χ1n) is 6.36. The SMILES string of the molecule is C=C(CNCC)CN1CCC(CC)CC1. The summed E-state index contributed by atoms with van der Waals surface area (Å²) in [6.07, 6.45) is 4.11. The van der Waals surface area contributed by atoms with Crippen LogP contribution in [-0.2, 0) is 0 Å². The quantitative estimate of drug-likeness (QED) is 0.677. The molecule has 1 N–H and O–H groups in total. The number of likely N-dealkylation sites (N-methyl/N-ethyl adjacent to an activating group) is 1. The standard InChI is InChI=1S/C13H26N2/c1-4-13-6-8-15(9-7-13)11-12(3)10-14-5-2/h13-14H,3-11H2,1-2H3. The van der Waals surface area contributed by atoms with Gasteiger partial charge in [0.1, 0.15) is 0 Å². The van der Waals surface area contributed by atoms with Gasteiger partial charge in [0.2, 0.25) is 0 Å². The van der Waals surface area contributed by atoms with Gasteiger partial charge >= 0.3 is 0 Å². The zero-order valence-electron chi connectivity index (χ0n) is 10.4. The molecular weight excluding hydrogens is 184 g/mol. The highest BCUT2D eigenvalue weighted by Gasteiger charge is 2.17. The second kappa shape index (κ2) is 7.02. The van der Waals surface area contributed by atoms with E-state index in [1.807, 2.05) is 0 Å². The number of piperidine rings is 1. The Bertz CT molecular complexity index is 181. The first-order valence-corrected chi connectivity index (χ1v) is 6.36. The van der Waals surface area contributed by atoms with Crippen LogP contribution < -0.4 is 5.32 Å². The lowest BCUT2D eigenvalue weighted by Gasteiger charge is -2.31. The predicted molar refractivity (Wildman–Crippen MR) is 67.1 cm³/mol. The topological polar surface area (TPSA) is 15.3 Å². The fourth-order valence-electron chi connectivity index (χ4n) is 2.23. The van der Waals surface area contributed by atoms with E-state index in [9.17, 15) is 0 Å². The maximum Gasteiger partial charge on any atom is 0.0202 e. The zero-order valence-corrected chi connectivity index (χ0v) is 10.4. The lowest BCUT2D eigenvalue weighted by atomic mass is 9.94. The van der Waals surface area contributed by atoms with Crippen LogP contribution in [0.3, 0.4) is 0 Å². The summed E-state index contributed by atoms with van der Waals surface area (Å²) in [7, 11) is 0. The van der Waals surface area contributed by atoms with Crippen LogP contribution in [0, 0.1) is 5.92 Å². The summed E-state index contributed by atoms with van der Waals surface area (Å²) in [4.78, 5) is 2.55. The van der Waals surface area contributed by atoms with E-state index in [0.29, 0.717) is 0 Å². The Morgan fingerprint density at radius 1 is 1.33 bits per heavy atom.